The van der Waals surface area contributed by atoms with Crippen molar-refractivity contribution >= 4 is 17.0 Å². The van der Waals surface area contributed by atoms with Crippen LogP contribution in [0, 0.1) is 0 Å². The van der Waals surface area contributed by atoms with Gasteiger partial charge >= 0.3 is 0 Å². The number of rotatable bonds is 8. The highest BCUT2D eigenvalue weighted by Gasteiger charge is 1.84. The maximum absolute atomic E-state index is 3.62. The minimum atomic E-state index is 0. The molecule has 0 aromatic heterocycles. The molecule has 0 aliphatic heterocycles. The Kier molecular flexibility index (Phi) is 16.2. The van der Waals surface area contributed by atoms with E-state index in [2.05, 4.69) is 23.8 Å². The van der Waals surface area contributed by atoms with E-state index in [-0.39, 0.29) is 17.0 Å². The molecule has 0 saturated carbocycles. The molecule has 0 radical (unpaired) electrons. The first kappa shape index (κ1) is 14.4. The summed E-state index contributed by atoms with van der Waals surface area (Å²) >= 11 is 0. The molecule has 0 fully saturated rings. The molecule has 2 nitrogen and oxygen atoms in total. The van der Waals surface area contributed by atoms with E-state index in [4.69, 9.17) is 0 Å². The highest BCUT2D eigenvalue weighted by atomic mass is 79.9. The van der Waals surface area contributed by atoms with Crippen LogP contribution < -0.4 is 10.6 Å². The first-order valence-corrected chi connectivity index (χ1v) is 4.05. The summed E-state index contributed by atoms with van der Waals surface area (Å²) in [6.07, 6.45) is 4.90. The van der Waals surface area contributed by atoms with Crippen LogP contribution in [0.5, 0.6) is 0 Å². The van der Waals surface area contributed by atoms with Crippen LogP contribution in [0.4, 0.5) is 0 Å². The quantitative estimate of drug-likeness (QED) is 0.492. The van der Waals surface area contributed by atoms with Crippen molar-refractivity contribution in [1.82, 2.24) is 10.6 Å². The fourth-order valence-corrected chi connectivity index (χ4v) is 0.747. The van der Waals surface area contributed by atoms with Gasteiger partial charge < -0.3 is 10.6 Å². The third-order valence-corrected chi connectivity index (χ3v) is 1.28. The Morgan fingerprint density at radius 1 is 0.917 bits per heavy atom. The third kappa shape index (κ3) is 12.5. The molecule has 0 aromatic rings. The number of nitrogens with one attached hydrogen (secondary N) is 2. The molecule has 12 heavy (non-hydrogen) atoms. The van der Waals surface area contributed by atoms with E-state index in [0.29, 0.717) is 0 Å². The molecule has 0 aromatic carbocycles. The first-order valence-electron chi connectivity index (χ1n) is 4.05. The van der Waals surface area contributed by atoms with Gasteiger partial charge in [-0.25, -0.2) is 0 Å². The summed E-state index contributed by atoms with van der Waals surface area (Å²) in [6, 6.07) is 0. The number of hydrogen-bond donors (Lipinski definition) is 2. The third-order valence-electron chi connectivity index (χ3n) is 1.28. The van der Waals surface area contributed by atoms with Crippen LogP contribution in [0.3, 0.4) is 0 Å². The van der Waals surface area contributed by atoms with Crippen molar-refractivity contribution in [2.75, 3.05) is 26.2 Å². The average Bonchev–Trinajstić information content (AvgIpc) is 2.03. The molecule has 0 aliphatic carbocycles. The molecule has 72 valence electrons. The zero-order chi connectivity index (χ0) is 8.36. The van der Waals surface area contributed by atoms with Crippen LogP contribution in [-0.2, 0) is 0 Å². The van der Waals surface area contributed by atoms with Gasteiger partial charge in [-0.2, -0.15) is 0 Å². The standard InChI is InChI=1S/C9H18N2.BrH/c1-3-6-10-8-5-9-11-7-4-2;/h3-4,10-11H,1-2,5-9H2;1H. The lowest BCUT2D eigenvalue weighted by atomic mass is 10.4. The highest BCUT2D eigenvalue weighted by Crippen LogP contribution is 1.72. The zero-order valence-corrected chi connectivity index (χ0v) is 9.23. The van der Waals surface area contributed by atoms with E-state index >= 15 is 0 Å². The van der Waals surface area contributed by atoms with Gasteiger partial charge in [-0.1, -0.05) is 12.2 Å². The lowest BCUT2D eigenvalue weighted by Gasteiger charge is -2.01. The summed E-state index contributed by atoms with van der Waals surface area (Å²) in [5, 5.41) is 6.46. The summed E-state index contributed by atoms with van der Waals surface area (Å²) in [5.41, 5.74) is 0. The Morgan fingerprint density at radius 2 is 1.33 bits per heavy atom. The zero-order valence-electron chi connectivity index (χ0n) is 7.51. The predicted octanol–water partition coefficient (Wildman–Crippen LogP) is 1.51. The van der Waals surface area contributed by atoms with Crippen LogP contribution in [0.25, 0.3) is 0 Å². The van der Waals surface area contributed by atoms with Crippen molar-refractivity contribution in [3.8, 4) is 0 Å². The normalized spacial score (nSPS) is 8.67. The van der Waals surface area contributed by atoms with Crippen molar-refractivity contribution in [2.24, 2.45) is 0 Å². The van der Waals surface area contributed by atoms with Gasteiger partial charge in [-0.3, -0.25) is 0 Å². The van der Waals surface area contributed by atoms with E-state index in [1.807, 2.05) is 12.2 Å². The molecule has 0 unspecified atom stereocenters. The second kappa shape index (κ2) is 13.5. The predicted molar refractivity (Wildman–Crippen MR) is 61.1 cm³/mol. The molecular weight excluding hydrogens is 216 g/mol. The number of hydrogen-bond acceptors (Lipinski definition) is 2. The monoisotopic (exact) mass is 234 g/mol. The van der Waals surface area contributed by atoms with Crippen LogP contribution in [0.2, 0.25) is 0 Å². The van der Waals surface area contributed by atoms with Crippen LogP contribution in [0.15, 0.2) is 25.3 Å². The molecule has 2 N–H and O–H groups in total. The molecular formula is C9H19BrN2. The fraction of sp³-hybridized carbons (Fsp3) is 0.556. The molecule has 0 saturated heterocycles. The van der Waals surface area contributed by atoms with Crippen LogP contribution >= 0.6 is 17.0 Å². The van der Waals surface area contributed by atoms with Gasteiger partial charge in [0.05, 0.1) is 0 Å². The van der Waals surface area contributed by atoms with Gasteiger partial charge in [-0.05, 0) is 19.5 Å². The highest BCUT2D eigenvalue weighted by molar-refractivity contribution is 8.93. The molecule has 0 spiro atoms. The van der Waals surface area contributed by atoms with Crippen LogP contribution in [-0.4, -0.2) is 26.2 Å². The molecule has 0 rings (SSSR count). The Labute approximate surface area is 85.9 Å². The van der Waals surface area contributed by atoms with E-state index in [0.717, 1.165) is 32.6 Å². The smallest absolute Gasteiger partial charge is 0.0132 e. The van der Waals surface area contributed by atoms with Crippen LogP contribution in [0.1, 0.15) is 6.42 Å². The maximum Gasteiger partial charge on any atom is 0.0132 e. The summed E-state index contributed by atoms with van der Waals surface area (Å²) in [5.74, 6) is 0. The minimum Gasteiger partial charge on any atom is -0.313 e. The molecule has 3 heteroatoms. The lowest BCUT2D eigenvalue weighted by Crippen LogP contribution is -2.21. The summed E-state index contributed by atoms with van der Waals surface area (Å²) < 4.78 is 0. The van der Waals surface area contributed by atoms with E-state index in [9.17, 15) is 0 Å². The van der Waals surface area contributed by atoms with Crippen molar-refractivity contribution in [2.45, 2.75) is 6.42 Å². The van der Waals surface area contributed by atoms with Crippen molar-refractivity contribution < 1.29 is 0 Å². The molecule has 0 amide bonds. The van der Waals surface area contributed by atoms with E-state index in [1.165, 1.54) is 0 Å². The molecule has 0 heterocycles. The van der Waals surface area contributed by atoms with Crippen molar-refractivity contribution in [1.29, 1.82) is 0 Å². The Bertz CT molecular complexity index is 92.7. The van der Waals surface area contributed by atoms with Gasteiger partial charge in [0.1, 0.15) is 0 Å². The Balaban J connectivity index is 0. The van der Waals surface area contributed by atoms with Gasteiger partial charge in [0.2, 0.25) is 0 Å². The second-order valence-electron chi connectivity index (χ2n) is 2.34. The molecule has 0 bridgehead atoms. The molecule has 0 aliphatic rings. The molecule has 0 atom stereocenters. The van der Waals surface area contributed by atoms with Crippen molar-refractivity contribution in [3.05, 3.63) is 25.3 Å². The topological polar surface area (TPSA) is 24.1 Å². The minimum absolute atomic E-state index is 0. The summed E-state index contributed by atoms with van der Waals surface area (Å²) in [7, 11) is 0. The second-order valence-corrected chi connectivity index (χ2v) is 2.34. The maximum atomic E-state index is 3.62. The van der Waals surface area contributed by atoms with E-state index in [1.54, 1.807) is 0 Å². The van der Waals surface area contributed by atoms with Gasteiger partial charge in [0, 0.05) is 13.1 Å². The lowest BCUT2D eigenvalue weighted by molar-refractivity contribution is 0.640. The first-order chi connectivity index (χ1) is 5.41. The Hall–Kier alpha value is -0.120. The summed E-state index contributed by atoms with van der Waals surface area (Å²) in [4.78, 5) is 0. The Morgan fingerprint density at radius 3 is 1.67 bits per heavy atom. The van der Waals surface area contributed by atoms with Gasteiger partial charge in [-0.15, -0.1) is 30.1 Å². The van der Waals surface area contributed by atoms with Gasteiger partial charge in [0.25, 0.3) is 0 Å². The van der Waals surface area contributed by atoms with Crippen molar-refractivity contribution in [3.63, 3.8) is 0 Å². The fourth-order valence-electron chi connectivity index (χ4n) is 0.747. The SMILES string of the molecule is Br.C=CCNCCCNCC=C. The number of halogens is 1. The summed E-state index contributed by atoms with van der Waals surface area (Å²) in [6.45, 7) is 11.1. The van der Waals surface area contributed by atoms with Gasteiger partial charge in [0.15, 0.2) is 0 Å². The largest absolute Gasteiger partial charge is 0.313 e. The average molecular weight is 235 g/mol. The van der Waals surface area contributed by atoms with E-state index < -0.39 is 0 Å².